The van der Waals surface area contributed by atoms with Gasteiger partial charge in [-0.05, 0) is 6.42 Å². The van der Waals surface area contributed by atoms with Crippen LogP contribution in [0.2, 0.25) is 0 Å². The second-order valence-corrected chi connectivity index (χ2v) is 1.37. The third-order valence-corrected chi connectivity index (χ3v) is 0.647. The van der Waals surface area contributed by atoms with Gasteiger partial charge in [0.2, 0.25) is 0 Å². The second kappa shape index (κ2) is 6.45. The largest absolute Gasteiger partial charge is 0.380 e. The molecule has 0 aromatic heterocycles. The quantitative estimate of drug-likeness (QED) is 0.511. The average Bonchev–Trinajstić information content (AvgIpc) is 1.81. The molecule has 2 nitrogen and oxygen atoms in total. The van der Waals surface area contributed by atoms with E-state index in [1.54, 1.807) is 0 Å². The van der Waals surface area contributed by atoms with Crippen molar-refractivity contribution < 1.29 is 4.74 Å². The maximum atomic E-state index is 8.02. The molecule has 0 bridgehead atoms. The topological polar surface area (TPSA) is 33.0 Å². The summed E-state index contributed by atoms with van der Waals surface area (Å²) in [6, 6.07) is 1.98. The Balaban J connectivity index is 2.65. The fourth-order valence-corrected chi connectivity index (χ4v) is 0.322. The van der Waals surface area contributed by atoms with Gasteiger partial charge in [-0.25, -0.2) is 0 Å². The number of nitriles is 1. The van der Waals surface area contributed by atoms with Gasteiger partial charge >= 0.3 is 0 Å². The maximum Gasteiger partial charge on any atom is 0.0645 e. The van der Waals surface area contributed by atoms with Crippen LogP contribution in [-0.2, 0) is 4.74 Å². The molecular weight excluding hydrogens is 102 g/mol. The zero-order chi connectivity index (χ0) is 6.24. The molecule has 0 saturated carbocycles. The Kier molecular flexibility index (Phi) is 6.01. The maximum absolute atomic E-state index is 8.02. The summed E-state index contributed by atoms with van der Waals surface area (Å²) in [5.41, 5.74) is 0. The van der Waals surface area contributed by atoms with Crippen molar-refractivity contribution in [1.82, 2.24) is 0 Å². The third-order valence-electron chi connectivity index (χ3n) is 0.647. The summed E-state index contributed by atoms with van der Waals surface area (Å²) in [6.45, 7) is 4.79. The fraction of sp³-hybridized carbons (Fsp3) is 0.667. The van der Waals surface area contributed by atoms with E-state index < -0.39 is 0 Å². The van der Waals surface area contributed by atoms with E-state index in [4.69, 9.17) is 10.00 Å². The van der Waals surface area contributed by atoms with Crippen molar-refractivity contribution in [2.45, 2.75) is 12.8 Å². The molecule has 8 heavy (non-hydrogen) atoms. The Hall–Kier alpha value is -0.550. The van der Waals surface area contributed by atoms with Crippen molar-refractivity contribution in [1.29, 1.82) is 5.26 Å². The van der Waals surface area contributed by atoms with Crippen molar-refractivity contribution in [2.24, 2.45) is 0 Å². The molecular formula is C6H10NO. The Morgan fingerprint density at radius 2 is 2.25 bits per heavy atom. The first-order chi connectivity index (χ1) is 3.91. The number of hydrogen-bond acceptors (Lipinski definition) is 2. The second-order valence-electron chi connectivity index (χ2n) is 1.37. The molecule has 0 aliphatic carbocycles. The van der Waals surface area contributed by atoms with E-state index in [2.05, 4.69) is 6.92 Å². The van der Waals surface area contributed by atoms with Gasteiger partial charge in [0.25, 0.3) is 0 Å². The highest BCUT2D eigenvalue weighted by atomic mass is 16.5. The molecule has 0 fully saturated rings. The summed E-state index contributed by atoms with van der Waals surface area (Å²) < 4.78 is 4.94. The summed E-state index contributed by atoms with van der Waals surface area (Å²) in [7, 11) is 0. The summed E-state index contributed by atoms with van der Waals surface area (Å²) in [5.74, 6) is 0. The van der Waals surface area contributed by atoms with Crippen LogP contribution in [0.4, 0.5) is 0 Å². The third kappa shape index (κ3) is 5.45. The predicted octanol–water partition coefficient (Wildman–Crippen LogP) is 1.14. The van der Waals surface area contributed by atoms with E-state index in [1.807, 2.05) is 6.07 Å². The lowest BCUT2D eigenvalue weighted by Gasteiger charge is -1.94. The monoisotopic (exact) mass is 112 g/mol. The Bertz CT molecular complexity index is 75.1. The zero-order valence-corrected chi connectivity index (χ0v) is 4.89. The van der Waals surface area contributed by atoms with Crippen molar-refractivity contribution in [3.63, 3.8) is 0 Å². The summed E-state index contributed by atoms with van der Waals surface area (Å²) in [4.78, 5) is 0. The van der Waals surface area contributed by atoms with Gasteiger partial charge in [0.05, 0.1) is 19.1 Å². The SMILES string of the molecule is [CH2]CCOCCC#N. The molecule has 0 aliphatic heterocycles. The molecule has 0 spiro atoms. The molecule has 45 valence electrons. The van der Waals surface area contributed by atoms with E-state index in [-0.39, 0.29) is 0 Å². The molecule has 0 amide bonds. The molecule has 1 radical (unpaired) electrons. The van der Waals surface area contributed by atoms with Crippen LogP contribution in [0.1, 0.15) is 12.8 Å². The van der Waals surface area contributed by atoms with Gasteiger partial charge in [0.15, 0.2) is 0 Å². The zero-order valence-electron chi connectivity index (χ0n) is 4.89. The Morgan fingerprint density at radius 3 is 2.75 bits per heavy atom. The lowest BCUT2D eigenvalue weighted by molar-refractivity contribution is 0.144. The molecule has 0 N–H and O–H groups in total. The van der Waals surface area contributed by atoms with Crippen LogP contribution < -0.4 is 0 Å². The van der Waals surface area contributed by atoms with Crippen LogP contribution in [0.3, 0.4) is 0 Å². The number of nitrogens with zero attached hydrogens (tertiary/aromatic N) is 1. The standard InChI is InChI=1S/C6H10NO/c1-2-5-8-6-3-4-7/h1-3,5-6H2. The van der Waals surface area contributed by atoms with Crippen molar-refractivity contribution in [3.8, 4) is 6.07 Å². The van der Waals surface area contributed by atoms with Gasteiger partial charge in [0, 0.05) is 6.61 Å². The molecule has 0 atom stereocenters. The molecule has 0 heterocycles. The first-order valence-corrected chi connectivity index (χ1v) is 2.65. The van der Waals surface area contributed by atoms with E-state index >= 15 is 0 Å². The van der Waals surface area contributed by atoms with Crippen molar-refractivity contribution >= 4 is 0 Å². The van der Waals surface area contributed by atoms with E-state index in [0.717, 1.165) is 6.42 Å². The smallest absolute Gasteiger partial charge is 0.0645 e. The van der Waals surface area contributed by atoms with Crippen molar-refractivity contribution in [3.05, 3.63) is 6.92 Å². The highest BCUT2D eigenvalue weighted by Gasteiger charge is 1.81. The molecule has 0 unspecified atom stereocenters. The Labute approximate surface area is 50.1 Å². The van der Waals surface area contributed by atoms with Gasteiger partial charge in [0.1, 0.15) is 0 Å². The Morgan fingerprint density at radius 1 is 1.50 bits per heavy atom. The molecule has 0 rings (SSSR count). The minimum Gasteiger partial charge on any atom is -0.380 e. The lowest BCUT2D eigenvalue weighted by Crippen LogP contribution is -1.93. The highest BCUT2D eigenvalue weighted by molar-refractivity contribution is 4.66. The van der Waals surface area contributed by atoms with E-state index in [0.29, 0.717) is 19.6 Å². The number of ether oxygens (including phenoxy) is 1. The van der Waals surface area contributed by atoms with Gasteiger partial charge in [-0.1, -0.05) is 6.92 Å². The predicted molar refractivity (Wildman–Crippen MR) is 31.0 cm³/mol. The fourth-order valence-electron chi connectivity index (χ4n) is 0.322. The number of rotatable bonds is 4. The molecule has 0 saturated heterocycles. The normalized spacial score (nSPS) is 8.50. The van der Waals surface area contributed by atoms with Crippen molar-refractivity contribution in [2.75, 3.05) is 13.2 Å². The van der Waals surface area contributed by atoms with Gasteiger partial charge < -0.3 is 4.74 Å². The summed E-state index contributed by atoms with van der Waals surface area (Å²) in [6.07, 6.45) is 1.27. The minimum atomic E-state index is 0.486. The van der Waals surface area contributed by atoms with Gasteiger partial charge in [-0.2, -0.15) is 5.26 Å². The van der Waals surface area contributed by atoms with Gasteiger partial charge in [-0.15, -0.1) is 0 Å². The summed E-state index contributed by atoms with van der Waals surface area (Å²) in [5, 5.41) is 8.02. The highest BCUT2D eigenvalue weighted by Crippen LogP contribution is 1.81. The first-order valence-electron chi connectivity index (χ1n) is 2.65. The minimum absolute atomic E-state index is 0.486. The molecule has 2 heteroatoms. The molecule has 0 aromatic carbocycles. The van der Waals surface area contributed by atoms with Gasteiger partial charge in [-0.3, -0.25) is 0 Å². The van der Waals surface area contributed by atoms with Crippen LogP contribution in [0.25, 0.3) is 0 Å². The molecule has 0 aliphatic rings. The van der Waals surface area contributed by atoms with Crippen LogP contribution in [0.5, 0.6) is 0 Å². The van der Waals surface area contributed by atoms with Crippen LogP contribution in [-0.4, -0.2) is 13.2 Å². The number of hydrogen-bond donors (Lipinski definition) is 0. The molecule has 0 aromatic rings. The van der Waals surface area contributed by atoms with E-state index in [9.17, 15) is 0 Å². The lowest BCUT2D eigenvalue weighted by atomic mass is 10.5. The van der Waals surface area contributed by atoms with Crippen LogP contribution in [0.15, 0.2) is 0 Å². The van der Waals surface area contributed by atoms with Crippen LogP contribution in [0, 0.1) is 18.3 Å². The first kappa shape index (κ1) is 7.45. The average molecular weight is 112 g/mol. The van der Waals surface area contributed by atoms with E-state index in [1.165, 1.54) is 0 Å². The summed E-state index contributed by atoms with van der Waals surface area (Å²) >= 11 is 0. The van der Waals surface area contributed by atoms with Crippen LogP contribution >= 0.6 is 0 Å².